The SMILES string of the molecule is CN(C)C(CN=C(N)N1CCN(c2ccc(F)cc2)CC1)c1ccc(F)cc1.I. The zero-order chi connectivity index (χ0) is 20.1. The Morgan fingerprint density at radius 2 is 1.48 bits per heavy atom. The predicted molar refractivity (Wildman–Crippen MR) is 125 cm³/mol. The topological polar surface area (TPSA) is 48.1 Å². The van der Waals surface area contributed by atoms with Crippen LogP contribution < -0.4 is 10.6 Å². The number of hydrogen-bond acceptors (Lipinski definition) is 3. The van der Waals surface area contributed by atoms with E-state index in [1.54, 1.807) is 24.3 Å². The highest BCUT2D eigenvalue weighted by atomic mass is 127. The Morgan fingerprint density at radius 3 is 2.00 bits per heavy atom. The smallest absolute Gasteiger partial charge is 0.191 e. The third kappa shape index (κ3) is 6.27. The number of likely N-dealkylation sites (N-methyl/N-ethyl adjacent to an activating group) is 1. The van der Waals surface area contributed by atoms with Gasteiger partial charge in [0.25, 0.3) is 0 Å². The number of rotatable bonds is 5. The van der Waals surface area contributed by atoms with Gasteiger partial charge in [0.2, 0.25) is 0 Å². The number of nitrogens with two attached hydrogens (primary N) is 1. The van der Waals surface area contributed by atoms with E-state index < -0.39 is 0 Å². The van der Waals surface area contributed by atoms with Gasteiger partial charge in [0, 0.05) is 31.9 Å². The largest absolute Gasteiger partial charge is 0.370 e. The molecule has 29 heavy (non-hydrogen) atoms. The van der Waals surface area contributed by atoms with Gasteiger partial charge in [-0.25, -0.2) is 8.78 Å². The van der Waals surface area contributed by atoms with Crippen molar-refractivity contribution in [2.45, 2.75) is 6.04 Å². The van der Waals surface area contributed by atoms with Gasteiger partial charge in [-0.15, -0.1) is 24.0 Å². The summed E-state index contributed by atoms with van der Waals surface area (Å²) in [5.41, 5.74) is 8.25. The first-order valence-corrected chi connectivity index (χ1v) is 9.41. The van der Waals surface area contributed by atoms with E-state index in [2.05, 4.69) is 19.7 Å². The maximum Gasteiger partial charge on any atom is 0.191 e. The van der Waals surface area contributed by atoms with Crippen LogP contribution in [0.1, 0.15) is 11.6 Å². The summed E-state index contributed by atoms with van der Waals surface area (Å²) in [6.45, 7) is 3.63. The minimum atomic E-state index is -0.247. The summed E-state index contributed by atoms with van der Waals surface area (Å²) in [7, 11) is 3.95. The van der Waals surface area contributed by atoms with Gasteiger partial charge in [0.05, 0.1) is 12.6 Å². The number of guanidine groups is 1. The van der Waals surface area contributed by atoms with Crippen LogP contribution in [-0.4, -0.2) is 62.6 Å². The number of nitrogens with zero attached hydrogens (tertiary/aromatic N) is 4. The van der Waals surface area contributed by atoms with Gasteiger partial charge in [-0.1, -0.05) is 12.1 Å². The van der Waals surface area contributed by atoms with Crippen molar-refractivity contribution in [3.8, 4) is 0 Å². The molecule has 2 aromatic carbocycles. The summed E-state index contributed by atoms with van der Waals surface area (Å²) in [4.78, 5) is 10.9. The van der Waals surface area contributed by atoms with Crippen LogP contribution in [-0.2, 0) is 0 Å². The van der Waals surface area contributed by atoms with Crippen LogP contribution in [0, 0.1) is 11.6 Å². The molecule has 0 amide bonds. The van der Waals surface area contributed by atoms with Gasteiger partial charge in [0.15, 0.2) is 5.96 Å². The molecule has 1 fully saturated rings. The second-order valence-corrected chi connectivity index (χ2v) is 7.18. The van der Waals surface area contributed by atoms with E-state index in [9.17, 15) is 8.78 Å². The summed E-state index contributed by atoms with van der Waals surface area (Å²) >= 11 is 0. The number of aliphatic imine (C=N–C) groups is 1. The molecule has 0 aromatic heterocycles. The molecule has 2 aromatic rings. The van der Waals surface area contributed by atoms with E-state index in [0.717, 1.165) is 37.4 Å². The van der Waals surface area contributed by atoms with Crippen molar-refractivity contribution in [2.24, 2.45) is 10.7 Å². The predicted octanol–water partition coefficient (Wildman–Crippen LogP) is 3.32. The molecular formula is C21H28F2IN5. The van der Waals surface area contributed by atoms with Crippen LogP contribution in [0.15, 0.2) is 53.5 Å². The van der Waals surface area contributed by atoms with Crippen molar-refractivity contribution < 1.29 is 8.78 Å². The van der Waals surface area contributed by atoms with Crippen molar-refractivity contribution in [1.29, 1.82) is 0 Å². The quantitative estimate of drug-likeness (QED) is 0.377. The first-order chi connectivity index (χ1) is 13.4. The average molecular weight is 515 g/mol. The van der Waals surface area contributed by atoms with E-state index in [0.29, 0.717) is 12.5 Å². The molecule has 1 aliphatic heterocycles. The van der Waals surface area contributed by atoms with E-state index in [1.165, 1.54) is 24.3 Å². The van der Waals surface area contributed by atoms with Crippen LogP contribution in [0.5, 0.6) is 0 Å². The van der Waals surface area contributed by atoms with Gasteiger partial charge in [-0.05, 0) is 56.1 Å². The average Bonchev–Trinajstić information content (AvgIpc) is 2.70. The second kappa shape index (κ2) is 10.7. The molecule has 1 unspecified atom stereocenters. The number of piperazine rings is 1. The number of benzene rings is 2. The van der Waals surface area contributed by atoms with Gasteiger partial charge in [0.1, 0.15) is 11.6 Å². The lowest BCUT2D eigenvalue weighted by Crippen LogP contribution is -2.51. The van der Waals surface area contributed by atoms with Gasteiger partial charge < -0.3 is 20.4 Å². The molecule has 0 radical (unpaired) electrons. The lowest BCUT2D eigenvalue weighted by molar-refractivity contribution is 0.304. The minimum Gasteiger partial charge on any atom is -0.370 e. The monoisotopic (exact) mass is 515 g/mol. The zero-order valence-electron chi connectivity index (χ0n) is 16.8. The molecule has 1 saturated heterocycles. The summed E-state index contributed by atoms with van der Waals surface area (Å²) in [5.74, 6) is 0.0476. The molecule has 8 heteroatoms. The Labute approximate surface area is 188 Å². The molecule has 0 aliphatic carbocycles. The molecule has 0 saturated carbocycles. The van der Waals surface area contributed by atoms with E-state index >= 15 is 0 Å². The fourth-order valence-corrected chi connectivity index (χ4v) is 3.38. The molecule has 158 valence electrons. The third-order valence-electron chi connectivity index (χ3n) is 5.10. The molecule has 0 spiro atoms. The van der Waals surface area contributed by atoms with Crippen molar-refractivity contribution >= 4 is 35.6 Å². The first-order valence-electron chi connectivity index (χ1n) is 9.41. The Hall–Kier alpha value is -1.94. The number of halogens is 3. The summed E-state index contributed by atoms with van der Waals surface area (Å²) in [6.07, 6.45) is 0. The van der Waals surface area contributed by atoms with E-state index in [4.69, 9.17) is 5.73 Å². The fraction of sp³-hybridized carbons (Fsp3) is 0.381. The van der Waals surface area contributed by atoms with E-state index in [-0.39, 0.29) is 41.7 Å². The van der Waals surface area contributed by atoms with Crippen LogP contribution in [0.25, 0.3) is 0 Å². The van der Waals surface area contributed by atoms with Crippen molar-refractivity contribution in [3.05, 3.63) is 65.7 Å². The standard InChI is InChI=1S/C21H27F2N5.HI/c1-26(2)20(16-3-5-17(22)6-4-16)15-25-21(24)28-13-11-27(12-14-28)19-9-7-18(23)8-10-19;/h3-10,20H,11-15H2,1-2H3,(H2,24,25);1H. The second-order valence-electron chi connectivity index (χ2n) is 7.18. The highest BCUT2D eigenvalue weighted by Crippen LogP contribution is 2.20. The molecule has 1 heterocycles. The minimum absolute atomic E-state index is 0. The maximum atomic E-state index is 13.2. The fourth-order valence-electron chi connectivity index (χ4n) is 3.38. The van der Waals surface area contributed by atoms with Gasteiger partial charge in [-0.2, -0.15) is 0 Å². The van der Waals surface area contributed by atoms with Gasteiger partial charge in [-0.3, -0.25) is 4.99 Å². The van der Waals surface area contributed by atoms with Crippen LogP contribution >= 0.6 is 24.0 Å². The Morgan fingerprint density at radius 1 is 0.966 bits per heavy atom. The van der Waals surface area contributed by atoms with E-state index in [1.807, 2.05) is 14.1 Å². The zero-order valence-corrected chi connectivity index (χ0v) is 19.1. The number of hydrogen-bond donors (Lipinski definition) is 1. The third-order valence-corrected chi connectivity index (χ3v) is 5.10. The lowest BCUT2D eigenvalue weighted by Gasteiger charge is -2.36. The molecule has 0 bridgehead atoms. The van der Waals surface area contributed by atoms with Crippen molar-refractivity contribution in [2.75, 3.05) is 51.7 Å². The van der Waals surface area contributed by atoms with Crippen molar-refractivity contribution in [1.82, 2.24) is 9.80 Å². The Bertz CT molecular complexity index is 788. The first kappa shape index (κ1) is 23.3. The summed E-state index contributed by atoms with van der Waals surface area (Å²) in [5, 5.41) is 0. The highest BCUT2D eigenvalue weighted by molar-refractivity contribution is 14.0. The normalized spacial score (nSPS) is 16.0. The van der Waals surface area contributed by atoms with Crippen molar-refractivity contribution in [3.63, 3.8) is 0 Å². The molecular weight excluding hydrogens is 487 g/mol. The van der Waals surface area contributed by atoms with Crippen LogP contribution in [0.2, 0.25) is 0 Å². The highest BCUT2D eigenvalue weighted by Gasteiger charge is 2.20. The van der Waals surface area contributed by atoms with Crippen LogP contribution in [0.4, 0.5) is 14.5 Å². The Kier molecular flexibility index (Phi) is 8.63. The molecule has 5 nitrogen and oxygen atoms in total. The summed E-state index contributed by atoms with van der Waals surface area (Å²) < 4.78 is 26.3. The van der Waals surface area contributed by atoms with Gasteiger partial charge >= 0.3 is 0 Å². The lowest BCUT2D eigenvalue weighted by atomic mass is 10.1. The maximum absolute atomic E-state index is 13.2. The molecule has 2 N–H and O–H groups in total. The molecule has 1 atom stereocenters. The molecule has 1 aliphatic rings. The molecule has 3 rings (SSSR count). The number of anilines is 1. The van der Waals surface area contributed by atoms with Crippen LogP contribution in [0.3, 0.4) is 0 Å². The Balaban J connectivity index is 0.00000300. The summed E-state index contributed by atoms with van der Waals surface area (Å²) in [6, 6.07) is 13.1.